The number of methoxy groups -OCH3 is 1. The zero-order valence-corrected chi connectivity index (χ0v) is 12.9. The van der Waals surface area contributed by atoms with Crippen LogP contribution in [0.4, 0.5) is 0 Å². The van der Waals surface area contributed by atoms with E-state index in [0.29, 0.717) is 5.75 Å². The van der Waals surface area contributed by atoms with E-state index in [2.05, 4.69) is 0 Å². The molecular weight excluding hydrogens is 278 g/mol. The first-order valence-electron chi connectivity index (χ1n) is 6.69. The molecule has 1 saturated carbocycles. The molecular formula is C14H21NO4S. The molecule has 0 aromatic heterocycles. The number of nitrogens with zero attached hydrogens (tertiary/aromatic N) is 1. The zero-order chi connectivity index (χ0) is 14.9. The monoisotopic (exact) mass is 299 g/mol. The lowest BCUT2D eigenvalue weighted by atomic mass is 10.1. The molecule has 0 spiro atoms. The van der Waals surface area contributed by atoms with Crippen molar-refractivity contribution in [2.45, 2.75) is 37.6 Å². The second kappa shape index (κ2) is 5.71. The summed E-state index contributed by atoms with van der Waals surface area (Å²) in [5.41, 5.74) is 1.89. The molecule has 0 amide bonds. The Balaban J connectivity index is 2.49. The smallest absolute Gasteiger partial charge is 0.247 e. The van der Waals surface area contributed by atoms with Gasteiger partial charge in [-0.15, -0.1) is 0 Å². The van der Waals surface area contributed by atoms with Crippen LogP contribution < -0.4 is 4.74 Å². The molecule has 1 aliphatic carbocycles. The Labute approximate surface area is 120 Å². The van der Waals surface area contributed by atoms with Gasteiger partial charge in [-0.1, -0.05) is 0 Å². The summed E-state index contributed by atoms with van der Waals surface area (Å²) in [5.74, 6) is 0.358. The lowest BCUT2D eigenvalue weighted by Gasteiger charge is -2.22. The van der Waals surface area contributed by atoms with E-state index in [1.165, 1.54) is 11.4 Å². The molecule has 0 saturated heterocycles. The average Bonchev–Trinajstić information content (AvgIpc) is 3.22. The van der Waals surface area contributed by atoms with Crippen LogP contribution in [0, 0.1) is 13.8 Å². The second-order valence-electron chi connectivity index (χ2n) is 5.16. The first kappa shape index (κ1) is 15.3. The Morgan fingerprint density at radius 1 is 1.30 bits per heavy atom. The van der Waals surface area contributed by atoms with Gasteiger partial charge in [-0.2, -0.15) is 4.31 Å². The largest absolute Gasteiger partial charge is 0.495 e. The van der Waals surface area contributed by atoms with E-state index < -0.39 is 10.0 Å². The minimum atomic E-state index is -3.63. The molecule has 1 N–H and O–H groups in total. The molecule has 0 atom stereocenters. The van der Waals surface area contributed by atoms with Crippen LogP contribution in [0.15, 0.2) is 17.0 Å². The highest BCUT2D eigenvalue weighted by atomic mass is 32.2. The number of hydrogen-bond donors (Lipinski definition) is 1. The molecule has 112 valence electrons. The second-order valence-corrected chi connectivity index (χ2v) is 7.02. The topological polar surface area (TPSA) is 66.8 Å². The summed E-state index contributed by atoms with van der Waals surface area (Å²) in [4.78, 5) is 0.184. The van der Waals surface area contributed by atoms with Crippen molar-refractivity contribution in [3.05, 3.63) is 23.3 Å². The predicted molar refractivity (Wildman–Crippen MR) is 76.5 cm³/mol. The van der Waals surface area contributed by atoms with Gasteiger partial charge in [0, 0.05) is 12.6 Å². The number of ether oxygens (including phenoxy) is 1. The van der Waals surface area contributed by atoms with Crippen molar-refractivity contribution in [2.24, 2.45) is 0 Å². The van der Waals surface area contributed by atoms with E-state index in [-0.39, 0.29) is 24.1 Å². The van der Waals surface area contributed by atoms with Gasteiger partial charge in [0.05, 0.1) is 13.7 Å². The van der Waals surface area contributed by atoms with Crippen molar-refractivity contribution in [2.75, 3.05) is 20.3 Å². The maximum Gasteiger partial charge on any atom is 0.247 e. The van der Waals surface area contributed by atoms with E-state index >= 15 is 0 Å². The summed E-state index contributed by atoms with van der Waals surface area (Å²) in [6.45, 7) is 3.74. The summed E-state index contributed by atoms with van der Waals surface area (Å²) >= 11 is 0. The molecule has 0 unspecified atom stereocenters. The average molecular weight is 299 g/mol. The van der Waals surface area contributed by atoms with Gasteiger partial charge in [0.1, 0.15) is 10.6 Å². The van der Waals surface area contributed by atoms with Gasteiger partial charge in [0.15, 0.2) is 0 Å². The Kier molecular flexibility index (Phi) is 4.36. The highest BCUT2D eigenvalue weighted by Crippen LogP contribution is 2.35. The summed E-state index contributed by atoms with van der Waals surface area (Å²) in [6.07, 6.45) is 1.71. The standard InChI is InChI=1S/C14H21NO4S/c1-10-8-13(19-3)14(9-11(10)2)20(17,18)15(6-7-16)12-4-5-12/h8-9,12,16H,4-7H2,1-3H3. The van der Waals surface area contributed by atoms with Crippen molar-refractivity contribution < 1.29 is 18.3 Å². The Hall–Kier alpha value is -1.11. The fourth-order valence-electron chi connectivity index (χ4n) is 2.21. The molecule has 0 heterocycles. The predicted octanol–water partition coefficient (Wildman–Crippen LogP) is 1.46. The molecule has 1 aliphatic rings. The van der Waals surface area contributed by atoms with Crippen LogP contribution in [0.3, 0.4) is 0 Å². The summed E-state index contributed by atoms with van der Waals surface area (Å²) in [7, 11) is -2.16. The van der Waals surface area contributed by atoms with Gasteiger partial charge in [0.2, 0.25) is 10.0 Å². The van der Waals surface area contributed by atoms with Gasteiger partial charge in [0.25, 0.3) is 0 Å². The first-order chi connectivity index (χ1) is 9.41. The molecule has 20 heavy (non-hydrogen) atoms. The van der Waals surface area contributed by atoms with Crippen molar-refractivity contribution in [3.63, 3.8) is 0 Å². The van der Waals surface area contributed by atoms with Gasteiger partial charge in [-0.3, -0.25) is 0 Å². The van der Waals surface area contributed by atoms with Crippen molar-refractivity contribution in [3.8, 4) is 5.75 Å². The molecule has 0 radical (unpaired) electrons. The number of sulfonamides is 1. The molecule has 0 aliphatic heterocycles. The SMILES string of the molecule is COc1cc(C)c(C)cc1S(=O)(=O)N(CCO)C1CC1. The molecule has 1 fully saturated rings. The van der Waals surface area contributed by atoms with Crippen molar-refractivity contribution in [1.29, 1.82) is 0 Å². The number of aliphatic hydroxyl groups is 1. The van der Waals surface area contributed by atoms with E-state index in [1.807, 2.05) is 13.8 Å². The Bertz CT molecular complexity index is 593. The summed E-state index contributed by atoms with van der Waals surface area (Å²) < 4.78 is 32.2. The third kappa shape index (κ3) is 2.82. The van der Waals surface area contributed by atoms with Crippen molar-refractivity contribution in [1.82, 2.24) is 4.31 Å². The van der Waals surface area contributed by atoms with E-state index in [4.69, 9.17) is 9.84 Å². The van der Waals surface area contributed by atoms with Gasteiger partial charge >= 0.3 is 0 Å². The molecule has 1 aromatic carbocycles. The van der Waals surface area contributed by atoms with Crippen LogP contribution in [0.5, 0.6) is 5.75 Å². The van der Waals surface area contributed by atoms with Gasteiger partial charge in [-0.05, 0) is 49.9 Å². The molecule has 0 bridgehead atoms. The van der Waals surface area contributed by atoms with Crippen LogP contribution in [0.2, 0.25) is 0 Å². The minimum Gasteiger partial charge on any atom is -0.495 e. The van der Waals surface area contributed by atoms with Gasteiger partial charge in [-0.25, -0.2) is 8.42 Å². The Morgan fingerprint density at radius 3 is 2.40 bits per heavy atom. The highest BCUT2D eigenvalue weighted by molar-refractivity contribution is 7.89. The highest BCUT2D eigenvalue weighted by Gasteiger charge is 2.39. The van der Waals surface area contributed by atoms with E-state index in [9.17, 15) is 8.42 Å². The Morgan fingerprint density at radius 2 is 1.90 bits per heavy atom. The molecule has 6 heteroatoms. The fourth-order valence-corrected chi connectivity index (χ4v) is 4.11. The fraction of sp³-hybridized carbons (Fsp3) is 0.571. The number of hydrogen-bond acceptors (Lipinski definition) is 4. The number of rotatable bonds is 6. The lowest BCUT2D eigenvalue weighted by Crippen LogP contribution is -2.35. The third-order valence-electron chi connectivity index (χ3n) is 3.64. The maximum absolute atomic E-state index is 12.8. The quantitative estimate of drug-likeness (QED) is 0.863. The number of aliphatic hydroxyl groups excluding tert-OH is 1. The first-order valence-corrected chi connectivity index (χ1v) is 8.13. The number of benzene rings is 1. The van der Waals surface area contributed by atoms with E-state index in [1.54, 1.807) is 12.1 Å². The summed E-state index contributed by atoms with van der Waals surface area (Å²) in [6, 6.07) is 3.40. The molecule has 5 nitrogen and oxygen atoms in total. The zero-order valence-electron chi connectivity index (χ0n) is 12.1. The molecule has 1 aromatic rings. The minimum absolute atomic E-state index is 0.0125. The van der Waals surface area contributed by atoms with Crippen LogP contribution in [-0.4, -0.2) is 44.1 Å². The lowest BCUT2D eigenvalue weighted by molar-refractivity contribution is 0.250. The normalized spacial score (nSPS) is 15.7. The van der Waals surface area contributed by atoms with E-state index in [0.717, 1.165) is 24.0 Å². The number of aryl methyl sites for hydroxylation is 2. The van der Waals surface area contributed by atoms with Crippen LogP contribution >= 0.6 is 0 Å². The summed E-state index contributed by atoms with van der Waals surface area (Å²) in [5, 5.41) is 9.11. The van der Waals surface area contributed by atoms with Crippen LogP contribution in [-0.2, 0) is 10.0 Å². The third-order valence-corrected chi connectivity index (χ3v) is 5.61. The van der Waals surface area contributed by atoms with Crippen LogP contribution in [0.25, 0.3) is 0 Å². The van der Waals surface area contributed by atoms with Crippen molar-refractivity contribution >= 4 is 10.0 Å². The maximum atomic E-state index is 12.8. The molecule has 2 rings (SSSR count). The van der Waals surface area contributed by atoms with Crippen LogP contribution in [0.1, 0.15) is 24.0 Å². The van der Waals surface area contributed by atoms with Gasteiger partial charge < -0.3 is 9.84 Å².